The molecule has 0 saturated heterocycles. The van der Waals surface area contributed by atoms with Gasteiger partial charge in [-0.05, 0) is 30.7 Å². The summed E-state index contributed by atoms with van der Waals surface area (Å²) in [6.45, 7) is 2.20. The van der Waals surface area contributed by atoms with Crippen LogP contribution in [0.3, 0.4) is 0 Å². The molecule has 0 N–H and O–H groups in total. The Labute approximate surface area is 145 Å². The number of rotatable bonds is 3. The second-order valence-corrected chi connectivity index (χ2v) is 6.32. The van der Waals surface area contributed by atoms with Gasteiger partial charge in [0.05, 0.1) is 16.6 Å². The van der Waals surface area contributed by atoms with Crippen molar-refractivity contribution in [2.45, 2.75) is 19.5 Å². The number of fused-ring (bicyclic) bond motifs is 4. The van der Waals surface area contributed by atoms with E-state index in [1.54, 1.807) is 0 Å². The van der Waals surface area contributed by atoms with Gasteiger partial charge in [0, 0.05) is 10.8 Å². The van der Waals surface area contributed by atoms with E-state index < -0.39 is 0 Å². The minimum absolute atomic E-state index is 0.0807. The van der Waals surface area contributed by atoms with E-state index in [4.69, 9.17) is 0 Å². The first-order valence-electron chi connectivity index (χ1n) is 8.66. The molecular formula is C21H18N4. The topological polar surface area (TPSA) is 35.6 Å². The molecule has 4 heteroatoms. The second-order valence-electron chi connectivity index (χ2n) is 6.32. The molecule has 2 aromatic heterocycles. The molecule has 122 valence electrons. The standard InChI is InChI=1S/C21H18N4/c1-2-21(25-20-14-8-5-11-17(20)22-23-25)24-18-12-6-3-9-15(18)16-10-4-7-13-19(16)24/h3-14,21H,2H2,1H3. The van der Waals surface area contributed by atoms with Crippen LogP contribution >= 0.6 is 0 Å². The van der Waals surface area contributed by atoms with Crippen LogP contribution in [0.25, 0.3) is 32.8 Å². The van der Waals surface area contributed by atoms with E-state index in [9.17, 15) is 0 Å². The Bertz CT molecular complexity index is 1150. The van der Waals surface area contributed by atoms with Crippen molar-refractivity contribution in [3.05, 3.63) is 72.8 Å². The van der Waals surface area contributed by atoms with Crippen molar-refractivity contribution in [1.29, 1.82) is 0 Å². The molecule has 5 aromatic rings. The van der Waals surface area contributed by atoms with Gasteiger partial charge in [-0.1, -0.05) is 60.7 Å². The summed E-state index contributed by atoms with van der Waals surface area (Å²) in [6.07, 6.45) is 1.01. The molecule has 2 heterocycles. The lowest BCUT2D eigenvalue weighted by atomic mass is 10.2. The van der Waals surface area contributed by atoms with Crippen LogP contribution in [0.4, 0.5) is 0 Å². The monoisotopic (exact) mass is 326 g/mol. The van der Waals surface area contributed by atoms with Gasteiger partial charge in [-0.15, -0.1) is 5.10 Å². The van der Waals surface area contributed by atoms with E-state index in [0.29, 0.717) is 0 Å². The largest absolute Gasteiger partial charge is 0.317 e. The predicted molar refractivity (Wildman–Crippen MR) is 102 cm³/mol. The van der Waals surface area contributed by atoms with E-state index in [-0.39, 0.29) is 6.17 Å². The third-order valence-electron chi connectivity index (χ3n) is 4.94. The van der Waals surface area contributed by atoms with E-state index in [1.807, 2.05) is 22.9 Å². The zero-order chi connectivity index (χ0) is 16.8. The molecule has 0 radical (unpaired) electrons. The first-order valence-corrected chi connectivity index (χ1v) is 8.66. The summed E-state index contributed by atoms with van der Waals surface area (Å²) in [4.78, 5) is 0. The zero-order valence-electron chi connectivity index (χ0n) is 14.0. The lowest BCUT2D eigenvalue weighted by Gasteiger charge is -2.20. The highest BCUT2D eigenvalue weighted by Gasteiger charge is 2.20. The van der Waals surface area contributed by atoms with Gasteiger partial charge in [0.1, 0.15) is 11.7 Å². The van der Waals surface area contributed by atoms with Gasteiger partial charge in [-0.3, -0.25) is 0 Å². The van der Waals surface area contributed by atoms with Crippen LogP contribution in [-0.2, 0) is 0 Å². The first-order chi connectivity index (χ1) is 12.4. The van der Waals surface area contributed by atoms with Crippen molar-refractivity contribution in [3.8, 4) is 0 Å². The Morgan fingerprint density at radius 3 is 1.96 bits per heavy atom. The quantitative estimate of drug-likeness (QED) is 0.468. The van der Waals surface area contributed by atoms with E-state index in [1.165, 1.54) is 21.8 Å². The fourth-order valence-electron chi connectivity index (χ4n) is 3.85. The zero-order valence-corrected chi connectivity index (χ0v) is 14.0. The number of nitrogens with zero attached hydrogens (tertiary/aromatic N) is 4. The lowest BCUT2D eigenvalue weighted by Crippen LogP contribution is -2.18. The first kappa shape index (κ1) is 14.2. The van der Waals surface area contributed by atoms with Gasteiger partial charge in [0.2, 0.25) is 0 Å². The summed E-state index contributed by atoms with van der Waals surface area (Å²) in [5.74, 6) is 0. The van der Waals surface area contributed by atoms with Gasteiger partial charge < -0.3 is 4.57 Å². The molecule has 0 amide bonds. The normalized spacial score (nSPS) is 13.0. The van der Waals surface area contributed by atoms with Crippen molar-refractivity contribution in [1.82, 2.24) is 19.6 Å². The molecule has 0 aliphatic rings. The molecule has 5 rings (SSSR count). The van der Waals surface area contributed by atoms with E-state index >= 15 is 0 Å². The number of aromatic nitrogens is 4. The molecule has 0 bridgehead atoms. The number of hydrogen-bond acceptors (Lipinski definition) is 2. The molecule has 3 aromatic carbocycles. The SMILES string of the molecule is CCC(n1nnc2ccccc21)n1c2ccccc2c2ccccc21. The Morgan fingerprint density at radius 1 is 0.760 bits per heavy atom. The molecule has 25 heavy (non-hydrogen) atoms. The van der Waals surface area contributed by atoms with Crippen LogP contribution in [0.2, 0.25) is 0 Å². The van der Waals surface area contributed by atoms with E-state index in [2.05, 4.69) is 76.4 Å². The summed E-state index contributed by atoms with van der Waals surface area (Å²) in [6, 6.07) is 25.3. The molecule has 0 aliphatic carbocycles. The molecular weight excluding hydrogens is 308 g/mol. The highest BCUT2D eigenvalue weighted by Crippen LogP contribution is 2.33. The van der Waals surface area contributed by atoms with Gasteiger partial charge in [0.25, 0.3) is 0 Å². The lowest BCUT2D eigenvalue weighted by molar-refractivity contribution is 0.402. The molecule has 4 nitrogen and oxygen atoms in total. The number of benzene rings is 3. The fourth-order valence-corrected chi connectivity index (χ4v) is 3.85. The maximum absolute atomic E-state index is 4.48. The van der Waals surface area contributed by atoms with Crippen LogP contribution in [0.5, 0.6) is 0 Å². The third-order valence-corrected chi connectivity index (χ3v) is 4.94. The number of hydrogen-bond donors (Lipinski definition) is 0. The molecule has 0 aliphatic heterocycles. The van der Waals surface area contributed by atoms with Crippen LogP contribution in [0, 0.1) is 0 Å². The Morgan fingerprint density at radius 2 is 1.32 bits per heavy atom. The molecule has 0 fully saturated rings. The summed E-state index contributed by atoms with van der Waals surface area (Å²) in [5, 5.41) is 11.4. The van der Waals surface area contributed by atoms with Crippen LogP contribution in [0.15, 0.2) is 72.8 Å². The summed E-state index contributed by atoms with van der Waals surface area (Å²) in [5.41, 5.74) is 4.46. The maximum Gasteiger partial charge on any atom is 0.129 e. The molecule has 1 unspecified atom stereocenters. The minimum Gasteiger partial charge on any atom is -0.317 e. The summed E-state index contributed by atoms with van der Waals surface area (Å²) >= 11 is 0. The Balaban J connectivity index is 1.86. The van der Waals surface area contributed by atoms with Crippen molar-refractivity contribution < 1.29 is 0 Å². The summed E-state index contributed by atoms with van der Waals surface area (Å²) < 4.78 is 4.44. The average Bonchev–Trinajstić information content (AvgIpc) is 3.24. The second kappa shape index (κ2) is 5.45. The molecule has 1 atom stereocenters. The van der Waals surface area contributed by atoms with Crippen molar-refractivity contribution in [2.24, 2.45) is 0 Å². The minimum atomic E-state index is 0.0807. The average molecular weight is 326 g/mol. The number of para-hydroxylation sites is 3. The predicted octanol–water partition coefficient (Wildman–Crippen LogP) is 5.00. The van der Waals surface area contributed by atoms with Crippen LogP contribution in [-0.4, -0.2) is 19.6 Å². The Kier molecular flexibility index (Phi) is 3.10. The van der Waals surface area contributed by atoms with Crippen molar-refractivity contribution in [2.75, 3.05) is 0 Å². The van der Waals surface area contributed by atoms with Gasteiger partial charge in [-0.25, -0.2) is 4.68 Å². The van der Waals surface area contributed by atoms with Gasteiger partial charge in [-0.2, -0.15) is 0 Å². The molecule has 0 spiro atoms. The van der Waals surface area contributed by atoms with Gasteiger partial charge >= 0.3 is 0 Å². The van der Waals surface area contributed by atoms with Crippen molar-refractivity contribution >= 4 is 32.8 Å². The van der Waals surface area contributed by atoms with Crippen LogP contribution < -0.4 is 0 Å². The maximum atomic E-state index is 4.48. The van der Waals surface area contributed by atoms with E-state index in [0.717, 1.165) is 17.5 Å². The smallest absolute Gasteiger partial charge is 0.129 e. The van der Waals surface area contributed by atoms with Crippen molar-refractivity contribution in [3.63, 3.8) is 0 Å². The van der Waals surface area contributed by atoms with Gasteiger partial charge in [0.15, 0.2) is 0 Å². The highest BCUT2D eigenvalue weighted by atomic mass is 15.5. The highest BCUT2D eigenvalue weighted by molar-refractivity contribution is 6.08. The Hall–Kier alpha value is -3.14. The van der Waals surface area contributed by atoms with Crippen LogP contribution in [0.1, 0.15) is 19.5 Å². The summed E-state index contributed by atoms with van der Waals surface area (Å²) in [7, 11) is 0. The molecule has 0 saturated carbocycles. The third kappa shape index (κ3) is 2.00. The fraction of sp³-hybridized carbons (Fsp3) is 0.143.